The van der Waals surface area contributed by atoms with Crippen LogP contribution in [0.25, 0.3) is 0 Å². The predicted molar refractivity (Wildman–Crippen MR) is 71.2 cm³/mol. The summed E-state index contributed by atoms with van der Waals surface area (Å²) in [6.45, 7) is 4.60. The van der Waals surface area contributed by atoms with Crippen LogP contribution in [0.15, 0.2) is 18.2 Å². The van der Waals surface area contributed by atoms with Crippen LogP contribution in [0, 0.1) is 11.2 Å². The van der Waals surface area contributed by atoms with Crippen molar-refractivity contribution >= 4 is 11.6 Å². The number of rotatable bonds is 3. The zero-order chi connectivity index (χ0) is 14.2. The fourth-order valence-electron chi connectivity index (χ4n) is 2.52. The first kappa shape index (κ1) is 13.8. The van der Waals surface area contributed by atoms with Crippen molar-refractivity contribution in [2.24, 2.45) is 11.1 Å². The molecule has 5 heteroatoms. The van der Waals surface area contributed by atoms with Crippen molar-refractivity contribution in [2.45, 2.75) is 26.4 Å². The Labute approximate surface area is 112 Å². The maximum Gasteiger partial charge on any atom is 0.225 e. The minimum Gasteiger partial charge on any atom is -0.389 e. The maximum atomic E-state index is 13.3. The first-order chi connectivity index (χ1) is 8.83. The number of aliphatic hydroxyl groups excluding tert-OH is 1. The molecule has 2 rings (SSSR count). The number of hydrogen-bond donors (Lipinski definition) is 2. The fraction of sp³-hybridized carbons (Fsp3) is 0.500. The molecule has 0 aliphatic carbocycles. The van der Waals surface area contributed by atoms with E-state index in [2.05, 4.69) is 0 Å². The number of hydrogen-bond acceptors (Lipinski definition) is 3. The van der Waals surface area contributed by atoms with Crippen molar-refractivity contribution in [3.8, 4) is 0 Å². The number of amides is 1. The number of carbonyl (C=O) groups is 1. The second-order valence-corrected chi connectivity index (χ2v) is 5.48. The van der Waals surface area contributed by atoms with Gasteiger partial charge in [0, 0.05) is 24.3 Å². The number of aliphatic hydroxyl groups is 1. The molecule has 0 aromatic heterocycles. The quantitative estimate of drug-likeness (QED) is 0.873. The predicted octanol–water partition coefficient (Wildman–Crippen LogP) is 1.58. The van der Waals surface area contributed by atoms with E-state index in [1.165, 1.54) is 12.1 Å². The molecule has 104 valence electrons. The Kier molecular flexibility index (Phi) is 3.49. The molecular formula is C14H19FN2O2. The Morgan fingerprint density at radius 2 is 2.26 bits per heavy atom. The van der Waals surface area contributed by atoms with Gasteiger partial charge >= 0.3 is 0 Å². The Morgan fingerprint density at radius 3 is 2.79 bits per heavy atom. The normalized spacial score (nSPS) is 24.5. The molecule has 0 radical (unpaired) electrons. The molecule has 1 aliphatic rings. The van der Waals surface area contributed by atoms with Crippen molar-refractivity contribution in [1.82, 2.24) is 0 Å². The molecule has 1 saturated heterocycles. The van der Waals surface area contributed by atoms with E-state index in [1.807, 2.05) is 11.8 Å². The number of carbonyl (C=O) groups excluding carboxylic acids is 1. The first-order valence-corrected chi connectivity index (χ1v) is 6.36. The van der Waals surface area contributed by atoms with Gasteiger partial charge in [-0.2, -0.15) is 0 Å². The van der Waals surface area contributed by atoms with Crippen LogP contribution in [0.3, 0.4) is 0 Å². The van der Waals surface area contributed by atoms with Crippen molar-refractivity contribution in [3.63, 3.8) is 0 Å². The van der Waals surface area contributed by atoms with E-state index >= 15 is 0 Å². The molecule has 3 N–H and O–H groups in total. The first-order valence-electron chi connectivity index (χ1n) is 6.36. The highest BCUT2D eigenvalue weighted by molar-refractivity contribution is 5.82. The molecule has 0 saturated carbocycles. The average Bonchev–Trinajstić information content (AvgIpc) is 2.73. The van der Waals surface area contributed by atoms with Gasteiger partial charge in [-0.05, 0) is 38.5 Å². The summed E-state index contributed by atoms with van der Waals surface area (Å²) < 4.78 is 13.3. The minimum atomic E-state index is -0.758. The lowest BCUT2D eigenvalue weighted by molar-refractivity contribution is -0.125. The summed E-state index contributed by atoms with van der Waals surface area (Å²) in [5.74, 6) is -0.702. The summed E-state index contributed by atoms with van der Waals surface area (Å²) in [4.78, 5) is 13.4. The minimum absolute atomic E-state index is 0.323. The lowest BCUT2D eigenvalue weighted by Crippen LogP contribution is -2.37. The van der Waals surface area contributed by atoms with E-state index in [9.17, 15) is 14.3 Å². The molecule has 1 fully saturated rings. The summed E-state index contributed by atoms with van der Waals surface area (Å²) in [6, 6.07) is 4.34. The largest absolute Gasteiger partial charge is 0.389 e. The van der Waals surface area contributed by atoms with Gasteiger partial charge in [0.15, 0.2) is 0 Å². The number of halogens is 1. The van der Waals surface area contributed by atoms with Crippen molar-refractivity contribution < 1.29 is 14.3 Å². The Hall–Kier alpha value is -1.62. The van der Waals surface area contributed by atoms with Crippen LogP contribution >= 0.6 is 0 Å². The van der Waals surface area contributed by atoms with Gasteiger partial charge < -0.3 is 15.7 Å². The van der Waals surface area contributed by atoms with Gasteiger partial charge in [0.2, 0.25) is 5.91 Å². The zero-order valence-corrected chi connectivity index (χ0v) is 11.2. The van der Waals surface area contributed by atoms with E-state index < -0.39 is 11.5 Å². The molecule has 1 unspecified atom stereocenters. The number of nitrogens with zero attached hydrogens (tertiary/aromatic N) is 1. The van der Waals surface area contributed by atoms with Crippen LogP contribution in [0.1, 0.15) is 31.9 Å². The zero-order valence-electron chi connectivity index (χ0n) is 11.2. The molecule has 0 spiro atoms. The topological polar surface area (TPSA) is 66.6 Å². The van der Waals surface area contributed by atoms with Crippen molar-refractivity contribution in [3.05, 3.63) is 29.6 Å². The van der Waals surface area contributed by atoms with Gasteiger partial charge in [-0.15, -0.1) is 0 Å². The molecule has 4 nitrogen and oxygen atoms in total. The number of anilines is 1. The highest BCUT2D eigenvalue weighted by Crippen LogP contribution is 2.36. The van der Waals surface area contributed by atoms with Crippen LogP contribution < -0.4 is 10.6 Å². The second-order valence-electron chi connectivity index (χ2n) is 5.48. The van der Waals surface area contributed by atoms with Crippen LogP contribution in [-0.4, -0.2) is 24.1 Å². The molecule has 1 aromatic carbocycles. The van der Waals surface area contributed by atoms with Gasteiger partial charge in [-0.3, -0.25) is 4.79 Å². The number of primary amides is 1. The highest BCUT2D eigenvalue weighted by atomic mass is 19.1. The number of nitrogens with two attached hydrogens (primary N) is 1. The van der Waals surface area contributed by atoms with Crippen LogP contribution in [0.2, 0.25) is 0 Å². The third-order valence-corrected chi connectivity index (χ3v) is 3.85. The van der Waals surface area contributed by atoms with Crippen LogP contribution in [0.4, 0.5) is 10.1 Å². The third-order valence-electron chi connectivity index (χ3n) is 3.85. The van der Waals surface area contributed by atoms with Crippen LogP contribution in [-0.2, 0) is 4.79 Å². The molecule has 2 atom stereocenters. The monoisotopic (exact) mass is 266 g/mol. The molecule has 1 aliphatic heterocycles. The molecule has 19 heavy (non-hydrogen) atoms. The Morgan fingerprint density at radius 1 is 1.58 bits per heavy atom. The lowest BCUT2D eigenvalue weighted by Gasteiger charge is -2.25. The number of benzene rings is 1. The van der Waals surface area contributed by atoms with Gasteiger partial charge in [-0.1, -0.05) is 0 Å². The van der Waals surface area contributed by atoms with Crippen molar-refractivity contribution in [2.75, 3.05) is 18.0 Å². The summed E-state index contributed by atoms with van der Waals surface area (Å²) in [6.07, 6.45) is -0.0926. The van der Waals surface area contributed by atoms with Crippen LogP contribution in [0.5, 0.6) is 0 Å². The smallest absolute Gasteiger partial charge is 0.225 e. The summed E-state index contributed by atoms with van der Waals surface area (Å²) in [5, 5.41) is 9.74. The summed E-state index contributed by atoms with van der Waals surface area (Å²) in [7, 11) is 0. The van der Waals surface area contributed by atoms with Crippen molar-refractivity contribution in [1.29, 1.82) is 0 Å². The standard InChI is InChI=1S/C14H19FN2O2/c1-9(18)11-7-10(15)3-4-12(11)17-6-5-14(2,8-17)13(16)19/h3-4,7,9,18H,5-6,8H2,1-2H3,(H2,16,19)/t9-,14?/m1/s1. The average molecular weight is 266 g/mol. The maximum absolute atomic E-state index is 13.3. The Bertz CT molecular complexity index is 504. The molecule has 0 bridgehead atoms. The SMILES string of the molecule is C[C@@H](O)c1cc(F)ccc1N1CCC(C)(C(N)=O)C1. The molecule has 1 heterocycles. The summed E-state index contributed by atoms with van der Waals surface area (Å²) in [5.41, 5.74) is 6.16. The lowest BCUT2D eigenvalue weighted by atomic mass is 9.89. The van der Waals surface area contributed by atoms with Gasteiger partial charge in [0.1, 0.15) is 5.82 Å². The Balaban J connectivity index is 2.32. The van der Waals surface area contributed by atoms with E-state index in [1.54, 1.807) is 13.0 Å². The second kappa shape index (κ2) is 4.81. The highest BCUT2D eigenvalue weighted by Gasteiger charge is 2.39. The summed E-state index contributed by atoms with van der Waals surface area (Å²) >= 11 is 0. The van der Waals surface area contributed by atoms with E-state index in [0.717, 1.165) is 5.69 Å². The van der Waals surface area contributed by atoms with Gasteiger partial charge in [0.25, 0.3) is 0 Å². The van der Waals surface area contributed by atoms with E-state index in [0.29, 0.717) is 25.1 Å². The fourth-order valence-corrected chi connectivity index (χ4v) is 2.52. The van der Waals surface area contributed by atoms with Gasteiger partial charge in [-0.25, -0.2) is 4.39 Å². The molecule has 1 amide bonds. The third kappa shape index (κ3) is 2.56. The molecule has 1 aromatic rings. The van der Waals surface area contributed by atoms with Gasteiger partial charge in [0.05, 0.1) is 11.5 Å². The molecular weight excluding hydrogens is 247 g/mol. The van der Waals surface area contributed by atoms with E-state index in [-0.39, 0.29) is 11.7 Å². The van der Waals surface area contributed by atoms with E-state index in [4.69, 9.17) is 5.73 Å².